The standard InChI is InChI=1S/C14H25NO2S/c1-12(2)11-16-6-7-17-13(3)9-15-10-14-5-4-8-18-14/h4-5,8,12-13,15H,6-7,9-11H2,1-3H3. The maximum Gasteiger partial charge on any atom is 0.0704 e. The Balaban J connectivity index is 1.92. The Hall–Kier alpha value is -0.420. The topological polar surface area (TPSA) is 30.5 Å². The van der Waals surface area contributed by atoms with Gasteiger partial charge in [0, 0.05) is 24.6 Å². The molecule has 0 amide bonds. The van der Waals surface area contributed by atoms with Gasteiger partial charge < -0.3 is 14.8 Å². The van der Waals surface area contributed by atoms with Crippen molar-refractivity contribution in [1.29, 1.82) is 0 Å². The maximum atomic E-state index is 5.66. The van der Waals surface area contributed by atoms with Crippen molar-refractivity contribution in [3.05, 3.63) is 22.4 Å². The van der Waals surface area contributed by atoms with E-state index in [2.05, 4.69) is 43.6 Å². The highest BCUT2D eigenvalue weighted by Gasteiger charge is 2.02. The van der Waals surface area contributed by atoms with Gasteiger partial charge in [0.1, 0.15) is 0 Å². The monoisotopic (exact) mass is 271 g/mol. The molecule has 0 aromatic carbocycles. The summed E-state index contributed by atoms with van der Waals surface area (Å²) in [6, 6.07) is 4.22. The van der Waals surface area contributed by atoms with Crippen LogP contribution in [-0.4, -0.2) is 32.5 Å². The first kappa shape index (κ1) is 15.6. The average Bonchev–Trinajstić information content (AvgIpc) is 2.81. The minimum absolute atomic E-state index is 0.229. The van der Waals surface area contributed by atoms with Gasteiger partial charge >= 0.3 is 0 Å². The zero-order valence-corrected chi connectivity index (χ0v) is 12.5. The van der Waals surface area contributed by atoms with Crippen LogP contribution in [0, 0.1) is 5.92 Å². The third-order valence-corrected chi connectivity index (χ3v) is 3.27. The average molecular weight is 271 g/mol. The number of ether oxygens (including phenoxy) is 2. The first-order valence-electron chi connectivity index (χ1n) is 6.61. The molecular weight excluding hydrogens is 246 g/mol. The molecule has 0 spiro atoms. The van der Waals surface area contributed by atoms with Gasteiger partial charge in [-0.15, -0.1) is 11.3 Å². The number of nitrogens with one attached hydrogen (secondary N) is 1. The molecule has 104 valence electrons. The van der Waals surface area contributed by atoms with Crippen LogP contribution in [0.15, 0.2) is 17.5 Å². The number of hydrogen-bond acceptors (Lipinski definition) is 4. The molecule has 1 aromatic rings. The first-order chi connectivity index (χ1) is 8.68. The largest absolute Gasteiger partial charge is 0.379 e. The fourth-order valence-corrected chi connectivity index (χ4v) is 2.17. The molecule has 0 aliphatic heterocycles. The summed E-state index contributed by atoms with van der Waals surface area (Å²) >= 11 is 1.78. The minimum atomic E-state index is 0.229. The van der Waals surface area contributed by atoms with E-state index < -0.39 is 0 Å². The summed E-state index contributed by atoms with van der Waals surface area (Å²) in [5.74, 6) is 0.592. The lowest BCUT2D eigenvalue weighted by Gasteiger charge is -2.14. The molecule has 1 heterocycles. The van der Waals surface area contributed by atoms with Gasteiger partial charge in [0.2, 0.25) is 0 Å². The van der Waals surface area contributed by atoms with Gasteiger partial charge in [0.15, 0.2) is 0 Å². The molecule has 0 aliphatic rings. The van der Waals surface area contributed by atoms with E-state index in [0.717, 1.165) is 19.7 Å². The molecule has 3 nitrogen and oxygen atoms in total. The maximum absolute atomic E-state index is 5.66. The second-order valence-electron chi connectivity index (χ2n) is 4.86. The molecule has 0 aliphatic carbocycles. The Kier molecular flexibility index (Phi) is 8.25. The molecule has 18 heavy (non-hydrogen) atoms. The Morgan fingerprint density at radius 2 is 2.11 bits per heavy atom. The van der Waals surface area contributed by atoms with Crippen LogP contribution in [0.25, 0.3) is 0 Å². The fourth-order valence-electron chi connectivity index (χ4n) is 1.50. The van der Waals surface area contributed by atoms with Gasteiger partial charge in [-0.2, -0.15) is 0 Å². The molecule has 0 saturated carbocycles. The highest BCUT2D eigenvalue weighted by Crippen LogP contribution is 2.07. The van der Waals surface area contributed by atoms with Crippen LogP contribution in [0.5, 0.6) is 0 Å². The zero-order chi connectivity index (χ0) is 13.2. The van der Waals surface area contributed by atoms with E-state index in [1.54, 1.807) is 11.3 Å². The van der Waals surface area contributed by atoms with Crippen LogP contribution >= 0.6 is 11.3 Å². The fraction of sp³-hybridized carbons (Fsp3) is 0.714. The van der Waals surface area contributed by atoms with Gasteiger partial charge in [-0.25, -0.2) is 0 Å². The first-order valence-corrected chi connectivity index (χ1v) is 7.49. The third kappa shape index (κ3) is 7.82. The smallest absolute Gasteiger partial charge is 0.0704 e. The summed E-state index contributed by atoms with van der Waals surface area (Å²) in [5, 5.41) is 5.49. The van der Waals surface area contributed by atoms with Crippen molar-refractivity contribution in [1.82, 2.24) is 5.32 Å². The van der Waals surface area contributed by atoms with Crippen molar-refractivity contribution in [2.75, 3.05) is 26.4 Å². The van der Waals surface area contributed by atoms with Crippen LogP contribution < -0.4 is 5.32 Å². The normalized spacial score (nSPS) is 13.1. The second-order valence-corrected chi connectivity index (χ2v) is 5.89. The van der Waals surface area contributed by atoms with Gasteiger partial charge in [-0.05, 0) is 24.3 Å². The summed E-state index contributed by atoms with van der Waals surface area (Å²) in [6.45, 7) is 10.4. The predicted molar refractivity (Wildman–Crippen MR) is 77.1 cm³/mol. The molecule has 0 fully saturated rings. The lowest BCUT2D eigenvalue weighted by Crippen LogP contribution is -2.27. The minimum Gasteiger partial charge on any atom is -0.379 e. The Morgan fingerprint density at radius 1 is 1.28 bits per heavy atom. The van der Waals surface area contributed by atoms with Crippen molar-refractivity contribution in [2.24, 2.45) is 5.92 Å². The molecular formula is C14H25NO2S. The summed E-state index contributed by atoms with van der Waals surface area (Å²) < 4.78 is 11.1. The summed E-state index contributed by atoms with van der Waals surface area (Å²) in [5.41, 5.74) is 0. The van der Waals surface area contributed by atoms with Crippen molar-refractivity contribution in [3.8, 4) is 0 Å². The third-order valence-electron chi connectivity index (χ3n) is 2.39. The van der Waals surface area contributed by atoms with Crippen molar-refractivity contribution in [2.45, 2.75) is 33.4 Å². The molecule has 4 heteroatoms. The molecule has 1 unspecified atom stereocenters. The molecule has 1 rings (SSSR count). The van der Waals surface area contributed by atoms with E-state index in [4.69, 9.17) is 9.47 Å². The van der Waals surface area contributed by atoms with Gasteiger partial charge in [-0.1, -0.05) is 19.9 Å². The highest BCUT2D eigenvalue weighted by atomic mass is 32.1. The molecule has 1 aromatic heterocycles. The van der Waals surface area contributed by atoms with E-state index in [1.165, 1.54) is 4.88 Å². The van der Waals surface area contributed by atoms with Crippen molar-refractivity contribution < 1.29 is 9.47 Å². The molecule has 1 N–H and O–H groups in total. The molecule has 0 bridgehead atoms. The lowest BCUT2D eigenvalue weighted by atomic mass is 10.2. The molecule has 1 atom stereocenters. The van der Waals surface area contributed by atoms with Gasteiger partial charge in [-0.3, -0.25) is 0 Å². The zero-order valence-electron chi connectivity index (χ0n) is 11.6. The number of rotatable bonds is 10. The Bertz CT molecular complexity index is 288. The Labute approximate surface area is 114 Å². The molecule has 0 saturated heterocycles. The number of hydrogen-bond donors (Lipinski definition) is 1. The van der Waals surface area contributed by atoms with Crippen LogP contribution in [0.1, 0.15) is 25.6 Å². The van der Waals surface area contributed by atoms with Crippen LogP contribution in [0.2, 0.25) is 0 Å². The summed E-state index contributed by atoms with van der Waals surface area (Å²) in [4.78, 5) is 1.36. The van der Waals surface area contributed by atoms with E-state index >= 15 is 0 Å². The van der Waals surface area contributed by atoms with Crippen LogP contribution in [0.4, 0.5) is 0 Å². The lowest BCUT2D eigenvalue weighted by molar-refractivity contribution is 0.00664. The van der Waals surface area contributed by atoms with E-state index in [1.807, 2.05) is 0 Å². The molecule has 0 radical (unpaired) electrons. The highest BCUT2D eigenvalue weighted by molar-refractivity contribution is 7.09. The van der Waals surface area contributed by atoms with E-state index in [-0.39, 0.29) is 6.10 Å². The quantitative estimate of drug-likeness (QED) is 0.664. The van der Waals surface area contributed by atoms with Crippen LogP contribution in [-0.2, 0) is 16.0 Å². The van der Waals surface area contributed by atoms with Crippen molar-refractivity contribution >= 4 is 11.3 Å². The SMILES string of the molecule is CC(C)COCCOC(C)CNCc1cccs1. The predicted octanol–water partition coefficient (Wildman–Crippen LogP) is 2.92. The Morgan fingerprint density at radius 3 is 2.78 bits per heavy atom. The van der Waals surface area contributed by atoms with E-state index in [0.29, 0.717) is 19.1 Å². The van der Waals surface area contributed by atoms with Crippen molar-refractivity contribution in [3.63, 3.8) is 0 Å². The second kappa shape index (κ2) is 9.50. The van der Waals surface area contributed by atoms with Crippen LogP contribution in [0.3, 0.4) is 0 Å². The van der Waals surface area contributed by atoms with E-state index in [9.17, 15) is 0 Å². The van der Waals surface area contributed by atoms with Gasteiger partial charge in [0.25, 0.3) is 0 Å². The summed E-state index contributed by atoms with van der Waals surface area (Å²) in [7, 11) is 0. The summed E-state index contributed by atoms with van der Waals surface area (Å²) in [6.07, 6.45) is 0.229. The van der Waals surface area contributed by atoms with Gasteiger partial charge in [0.05, 0.1) is 19.3 Å². The number of thiophene rings is 1.